The van der Waals surface area contributed by atoms with E-state index in [-0.39, 0.29) is 0 Å². The minimum Gasteiger partial charge on any atom is -0.310 e. The fourth-order valence-corrected chi connectivity index (χ4v) is 13.8. The Bertz CT molecular complexity index is 5050. The Labute approximate surface area is 511 Å². The molecule has 0 spiro atoms. The third kappa shape index (κ3) is 8.89. The molecule has 0 heterocycles. The molecule has 0 unspecified atom stereocenters. The molecule has 0 N–H and O–H groups in total. The molecular weight excluding hydrogens is 1060 g/mol. The van der Waals surface area contributed by atoms with E-state index in [4.69, 9.17) is 0 Å². The van der Waals surface area contributed by atoms with Crippen LogP contribution in [0.15, 0.2) is 340 Å². The van der Waals surface area contributed by atoms with E-state index in [0.29, 0.717) is 0 Å². The Kier molecular flexibility index (Phi) is 12.3. The molecule has 0 saturated carbocycles. The first-order chi connectivity index (χ1) is 43.6. The first-order valence-electron chi connectivity index (χ1n) is 30.4. The van der Waals surface area contributed by atoms with Gasteiger partial charge in [-0.1, -0.05) is 267 Å². The Balaban J connectivity index is 0.928. The van der Waals surface area contributed by atoms with Gasteiger partial charge in [0.25, 0.3) is 0 Å². The number of benzene rings is 17. The third-order valence-corrected chi connectivity index (χ3v) is 18.1. The van der Waals surface area contributed by atoms with Crippen molar-refractivity contribution >= 4 is 120 Å². The number of anilines is 6. The van der Waals surface area contributed by atoms with E-state index >= 15 is 0 Å². The van der Waals surface area contributed by atoms with Crippen molar-refractivity contribution in [3.05, 3.63) is 340 Å². The summed E-state index contributed by atoms with van der Waals surface area (Å²) in [6.45, 7) is 0. The molecule has 17 rings (SSSR count). The summed E-state index contributed by atoms with van der Waals surface area (Å²) in [7, 11) is 0. The molecule has 0 radical (unpaired) electrons. The molecule has 2 nitrogen and oxygen atoms in total. The largest absolute Gasteiger partial charge is 0.310 e. The number of rotatable bonds is 10. The fraction of sp³-hybridized carbons (Fsp3) is 0. The van der Waals surface area contributed by atoms with Crippen molar-refractivity contribution < 1.29 is 0 Å². The molecule has 0 aromatic heterocycles. The van der Waals surface area contributed by atoms with Gasteiger partial charge in [-0.3, -0.25) is 0 Å². The van der Waals surface area contributed by atoms with Crippen LogP contribution >= 0.6 is 0 Å². The highest BCUT2D eigenvalue weighted by atomic mass is 15.1. The van der Waals surface area contributed by atoms with E-state index in [9.17, 15) is 0 Å². The summed E-state index contributed by atoms with van der Waals surface area (Å²) < 4.78 is 0. The highest BCUT2D eigenvalue weighted by Gasteiger charge is 2.24. The molecule has 0 fully saturated rings. The van der Waals surface area contributed by atoms with Crippen LogP contribution in [0.3, 0.4) is 0 Å². The molecule has 0 aliphatic carbocycles. The number of hydrogen-bond donors (Lipinski definition) is 0. The molecule has 0 atom stereocenters. The predicted molar refractivity (Wildman–Crippen MR) is 378 cm³/mol. The van der Waals surface area contributed by atoms with E-state index in [2.05, 4.69) is 350 Å². The maximum absolute atomic E-state index is 2.42. The molecule has 17 aromatic carbocycles. The van der Waals surface area contributed by atoms with Crippen molar-refractivity contribution in [2.24, 2.45) is 0 Å². The normalized spacial score (nSPS) is 11.6. The zero-order chi connectivity index (χ0) is 58.1. The van der Waals surface area contributed by atoms with E-state index < -0.39 is 0 Å². The highest BCUT2D eigenvalue weighted by molar-refractivity contribution is 6.32. The van der Waals surface area contributed by atoms with Gasteiger partial charge in [0, 0.05) is 34.1 Å². The smallest absolute Gasteiger partial charge is 0.0468 e. The Hall–Kier alpha value is -11.6. The molecule has 0 aliphatic heterocycles. The average molecular weight is 1120 g/mol. The summed E-state index contributed by atoms with van der Waals surface area (Å²) in [4.78, 5) is 4.85. The lowest BCUT2D eigenvalue weighted by atomic mass is 9.82. The molecule has 0 amide bonds. The maximum Gasteiger partial charge on any atom is 0.0468 e. The van der Waals surface area contributed by atoms with Crippen molar-refractivity contribution in [2.75, 3.05) is 9.80 Å². The van der Waals surface area contributed by atoms with Gasteiger partial charge in [0.05, 0.1) is 0 Å². The first kappa shape index (κ1) is 50.9. The van der Waals surface area contributed by atoms with Crippen LogP contribution in [0.25, 0.3) is 131 Å². The average Bonchev–Trinajstić information content (AvgIpc) is 0.856. The Morgan fingerprint density at radius 2 is 0.375 bits per heavy atom. The van der Waals surface area contributed by atoms with Crippen LogP contribution in [0.5, 0.6) is 0 Å². The zero-order valence-corrected chi connectivity index (χ0v) is 48.2. The fourth-order valence-electron chi connectivity index (χ4n) is 13.8. The van der Waals surface area contributed by atoms with Crippen molar-refractivity contribution in [1.82, 2.24) is 0 Å². The molecule has 0 aliphatic rings. The molecule has 17 aromatic rings. The number of fused-ring (bicyclic) bond motifs is 10. The summed E-state index contributed by atoms with van der Waals surface area (Å²) in [6.07, 6.45) is 0. The van der Waals surface area contributed by atoms with Gasteiger partial charge < -0.3 is 9.80 Å². The maximum atomic E-state index is 2.42. The van der Waals surface area contributed by atoms with Gasteiger partial charge in [0.15, 0.2) is 0 Å². The van der Waals surface area contributed by atoms with Crippen LogP contribution in [-0.4, -0.2) is 0 Å². The van der Waals surface area contributed by atoms with Gasteiger partial charge in [-0.05, 0) is 203 Å². The first-order valence-corrected chi connectivity index (χ1v) is 30.4. The summed E-state index contributed by atoms with van der Waals surface area (Å²) in [5.41, 5.74) is 16.1. The van der Waals surface area contributed by atoms with Crippen molar-refractivity contribution in [3.8, 4) is 44.5 Å². The highest BCUT2D eigenvalue weighted by Crippen LogP contribution is 2.51. The van der Waals surface area contributed by atoms with Gasteiger partial charge in [-0.2, -0.15) is 0 Å². The van der Waals surface area contributed by atoms with E-state index in [0.717, 1.165) is 44.9 Å². The second kappa shape index (κ2) is 21.2. The lowest BCUT2D eigenvalue weighted by Gasteiger charge is -2.27. The van der Waals surface area contributed by atoms with E-state index in [1.165, 1.54) is 120 Å². The van der Waals surface area contributed by atoms with Crippen LogP contribution in [0.1, 0.15) is 0 Å². The van der Waals surface area contributed by atoms with Gasteiger partial charge in [-0.15, -0.1) is 0 Å². The van der Waals surface area contributed by atoms with Crippen LogP contribution in [0.4, 0.5) is 34.1 Å². The van der Waals surface area contributed by atoms with Crippen LogP contribution in [-0.2, 0) is 0 Å². The van der Waals surface area contributed by atoms with Crippen molar-refractivity contribution in [2.45, 2.75) is 0 Å². The summed E-state index contributed by atoms with van der Waals surface area (Å²) in [5, 5.41) is 19.2. The predicted octanol–water partition coefficient (Wildman–Crippen LogP) is 24.5. The zero-order valence-electron chi connectivity index (χ0n) is 48.2. The van der Waals surface area contributed by atoms with Crippen molar-refractivity contribution in [1.29, 1.82) is 0 Å². The SMILES string of the molecule is c1ccc(-c2ccc(-c3c4ccc5cc(N(c6ccc7ccccc7c6)c6ccc7ccccc7c6)ccc5c4c(-c4ccc(-c5ccccc5)cc4)c4ccc5cc(N(c6ccc7ccccc7c6)c6ccc7ccccc7c6)ccc5c34)cc2)cc1. The number of nitrogens with zero attached hydrogens (tertiary/aromatic N) is 2. The second-order valence-corrected chi connectivity index (χ2v) is 23.2. The number of hydrogen-bond acceptors (Lipinski definition) is 2. The molecule has 0 bridgehead atoms. The molecule has 2 heteroatoms. The summed E-state index contributed by atoms with van der Waals surface area (Å²) in [6, 6.07) is 126. The minimum absolute atomic E-state index is 1.09. The van der Waals surface area contributed by atoms with Gasteiger partial charge >= 0.3 is 0 Å². The van der Waals surface area contributed by atoms with Crippen LogP contribution in [0.2, 0.25) is 0 Å². The van der Waals surface area contributed by atoms with E-state index in [1.807, 2.05) is 0 Å². The third-order valence-electron chi connectivity index (χ3n) is 18.1. The van der Waals surface area contributed by atoms with Crippen molar-refractivity contribution in [3.63, 3.8) is 0 Å². The molecule has 410 valence electrons. The topological polar surface area (TPSA) is 6.48 Å². The quantitative estimate of drug-likeness (QED) is 0.0995. The molecule has 88 heavy (non-hydrogen) atoms. The minimum atomic E-state index is 1.09. The second-order valence-electron chi connectivity index (χ2n) is 23.2. The Morgan fingerprint density at radius 1 is 0.148 bits per heavy atom. The summed E-state index contributed by atoms with van der Waals surface area (Å²) in [5.74, 6) is 0. The molecule has 0 saturated heterocycles. The Morgan fingerprint density at radius 3 is 0.693 bits per heavy atom. The molecular formula is C86H56N2. The van der Waals surface area contributed by atoms with Gasteiger partial charge in [-0.25, -0.2) is 0 Å². The van der Waals surface area contributed by atoms with Gasteiger partial charge in [0.2, 0.25) is 0 Å². The van der Waals surface area contributed by atoms with E-state index in [1.54, 1.807) is 0 Å². The standard InChI is InChI=1S/C86H56N2/c1-3-15-57(16-4-1)63-27-31-65(32-28-63)83-81-47-39-72-56-78(88(75-43-37-61-21-9-13-25-69(61)53-75)76-44-38-62-22-10-14-26-70(62)54-76)46-50-80(72)86(81)84(66-33-29-64(30-34-66)58-17-5-2-6-18-58)82-48-40-71-55-77(45-49-79(71)85(82)83)87(73-41-35-59-19-7-11-23-67(59)51-73)74-42-36-60-20-8-12-24-68(60)52-74/h1-56H. The van der Waals surface area contributed by atoms with Crippen LogP contribution in [0, 0.1) is 0 Å². The van der Waals surface area contributed by atoms with Crippen LogP contribution < -0.4 is 9.80 Å². The lowest BCUT2D eigenvalue weighted by Crippen LogP contribution is -2.10. The monoisotopic (exact) mass is 1120 g/mol. The lowest BCUT2D eigenvalue weighted by molar-refractivity contribution is 1.30. The van der Waals surface area contributed by atoms with Gasteiger partial charge in [0.1, 0.15) is 0 Å². The summed E-state index contributed by atoms with van der Waals surface area (Å²) >= 11 is 0.